The molecule has 3 atom stereocenters. The SMILES string of the molecule is CN1[C@@H]2C=C[C@H]1CC(OC(=O)Nc1ccccc1)C2. The molecule has 2 aliphatic rings. The molecule has 3 rings (SSSR count). The smallest absolute Gasteiger partial charge is 0.411 e. The zero-order valence-corrected chi connectivity index (χ0v) is 11.0. The van der Waals surface area contributed by atoms with Crippen molar-refractivity contribution < 1.29 is 9.53 Å². The number of hydrogen-bond acceptors (Lipinski definition) is 3. The first-order valence-electron chi connectivity index (χ1n) is 6.65. The number of carbonyl (C=O) groups is 1. The summed E-state index contributed by atoms with van der Waals surface area (Å²) in [6, 6.07) is 10.2. The Morgan fingerprint density at radius 3 is 2.47 bits per heavy atom. The molecule has 1 aromatic rings. The van der Waals surface area contributed by atoms with E-state index in [0.717, 1.165) is 18.5 Å². The maximum atomic E-state index is 11.8. The zero-order chi connectivity index (χ0) is 13.2. The second-order valence-corrected chi connectivity index (χ2v) is 5.17. The average molecular weight is 258 g/mol. The van der Waals surface area contributed by atoms with Gasteiger partial charge in [0.15, 0.2) is 0 Å². The Hall–Kier alpha value is -1.81. The van der Waals surface area contributed by atoms with Gasteiger partial charge in [0.2, 0.25) is 0 Å². The normalized spacial score (nSPS) is 29.2. The second-order valence-electron chi connectivity index (χ2n) is 5.17. The number of anilines is 1. The molecule has 0 radical (unpaired) electrons. The van der Waals surface area contributed by atoms with Crippen molar-refractivity contribution >= 4 is 11.8 Å². The lowest BCUT2D eigenvalue weighted by molar-refractivity contribution is 0.0411. The summed E-state index contributed by atoms with van der Waals surface area (Å²) in [5, 5.41) is 2.76. The van der Waals surface area contributed by atoms with Gasteiger partial charge in [-0.1, -0.05) is 30.4 Å². The number of fused-ring (bicyclic) bond motifs is 2. The van der Waals surface area contributed by atoms with Crippen LogP contribution in [-0.2, 0) is 4.74 Å². The van der Waals surface area contributed by atoms with E-state index < -0.39 is 0 Å². The molecule has 4 heteroatoms. The lowest BCUT2D eigenvalue weighted by Crippen LogP contribution is -2.44. The molecule has 1 N–H and O–H groups in total. The quantitative estimate of drug-likeness (QED) is 0.829. The Labute approximate surface area is 113 Å². The number of piperidine rings is 1. The number of nitrogens with zero attached hydrogens (tertiary/aromatic N) is 1. The minimum Gasteiger partial charge on any atom is -0.446 e. The largest absolute Gasteiger partial charge is 0.446 e. The zero-order valence-electron chi connectivity index (χ0n) is 11.0. The Morgan fingerprint density at radius 2 is 1.84 bits per heavy atom. The van der Waals surface area contributed by atoms with Crippen LogP contribution in [0, 0.1) is 0 Å². The van der Waals surface area contributed by atoms with Crippen LogP contribution in [-0.4, -0.2) is 36.2 Å². The number of benzene rings is 1. The molecule has 100 valence electrons. The van der Waals surface area contributed by atoms with Crippen molar-refractivity contribution in [2.75, 3.05) is 12.4 Å². The van der Waals surface area contributed by atoms with Gasteiger partial charge in [0.25, 0.3) is 0 Å². The summed E-state index contributed by atoms with van der Waals surface area (Å²) >= 11 is 0. The molecule has 0 aliphatic carbocycles. The highest BCUT2D eigenvalue weighted by Crippen LogP contribution is 2.30. The molecule has 1 amide bonds. The number of hydrogen-bond donors (Lipinski definition) is 1. The number of ether oxygens (including phenoxy) is 1. The fourth-order valence-corrected chi connectivity index (χ4v) is 2.81. The Kier molecular flexibility index (Phi) is 3.25. The number of carbonyl (C=O) groups excluding carboxylic acids is 1. The van der Waals surface area contributed by atoms with Crippen molar-refractivity contribution in [3.05, 3.63) is 42.5 Å². The lowest BCUT2D eigenvalue weighted by Gasteiger charge is -2.35. The van der Waals surface area contributed by atoms with Gasteiger partial charge >= 0.3 is 6.09 Å². The minimum atomic E-state index is -0.361. The molecule has 0 spiro atoms. The van der Waals surface area contributed by atoms with Crippen molar-refractivity contribution in [3.63, 3.8) is 0 Å². The monoisotopic (exact) mass is 258 g/mol. The molecule has 1 saturated heterocycles. The Morgan fingerprint density at radius 1 is 1.21 bits per heavy atom. The molecule has 1 aromatic carbocycles. The lowest BCUT2D eigenvalue weighted by atomic mass is 10.00. The maximum Gasteiger partial charge on any atom is 0.411 e. The highest BCUT2D eigenvalue weighted by Gasteiger charge is 2.36. The second kappa shape index (κ2) is 5.05. The molecule has 2 heterocycles. The van der Waals surface area contributed by atoms with E-state index in [4.69, 9.17) is 4.74 Å². The van der Waals surface area contributed by atoms with Crippen molar-refractivity contribution in [1.29, 1.82) is 0 Å². The predicted molar refractivity (Wildman–Crippen MR) is 74.0 cm³/mol. The fourth-order valence-electron chi connectivity index (χ4n) is 2.81. The van der Waals surface area contributed by atoms with E-state index in [9.17, 15) is 4.79 Å². The third-order valence-corrected chi connectivity index (χ3v) is 3.90. The van der Waals surface area contributed by atoms with E-state index in [1.165, 1.54) is 0 Å². The molecule has 2 bridgehead atoms. The summed E-state index contributed by atoms with van der Waals surface area (Å²) in [5.74, 6) is 0. The predicted octanol–water partition coefficient (Wildman–Crippen LogP) is 2.64. The van der Waals surface area contributed by atoms with Crippen LogP contribution in [0.2, 0.25) is 0 Å². The third kappa shape index (κ3) is 2.63. The van der Waals surface area contributed by atoms with Crippen LogP contribution in [0.3, 0.4) is 0 Å². The van der Waals surface area contributed by atoms with E-state index in [1.54, 1.807) is 0 Å². The molecular formula is C15H18N2O2. The van der Waals surface area contributed by atoms with Crippen molar-refractivity contribution in [1.82, 2.24) is 4.90 Å². The highest BCUT2D eigenvalue weighted by molar-refractivity contribution is 5.84. The molecule has 1 fully saturated rings. The molecule has 19 heavy (non-hydrogen) atoms. The summed E-state index contributed by atoms with van der Waals surface area (Å²) < 4.78 is 5.51. The topological polar surface area (TPSA) is 41.6 Å². The van der Waals surface area contributed by atoms with Gasteiger partial charge in [0, 0.05) is 30.6 Å². The van der Waals surface area contributed by atoms with Gasteiger partial charge < -0.3 is 4.74 Å². The van der Waals surface area contributed by atoms with E-state index in [1.807, 2.05) is 30.3 Å². The van der Waals surface area contributed by atoms with E-state index in [2.05, 4.69) is 29.4 Å². The van der Waals surface area contributed by atoms with Crippen LogP contribution in [0.4, 0.5) is 10.5 Å². The highest BCUT2D eigenvalue weighted by atomic mass is 16.6. The number of likely N-dealkylation sites (N-methyl/N-ethyl adjacent to an activating group) is 1. The van der Waals surface area contributed by atoms with Crippen LogP contribution in [0.5, 0.6) is 0 Å². The first kappa shape index (κ1) is 12.2. The van der Waals surface area contributed by atoms with Crippen molar-refractivity contribution in [2.45, 2.75) is 31.0 Å². The number of nitrogens with one attached hydrogen (secondary N) is 1. The number of rotatable bonds is 2. The van der Waals surface area contributed by atoms with Crippen molar-refractivity contribution in [2.24, 2.45) is 0 Å². The number of para-hydroxylation sites is 1. The summed E-state index contributed by atoms with van der Waals surface area (Å²) in [6.45, 7) is 0. The van der Waals surface area contributed by atoms with Crippen molar-refractivity contribution in [3.8, 4) is 0 Å². The fraction of sp³-hybridized carbons (Fsp3) is 0.400. The molecule has 0 aromatic heterocycles. The Balaban J connectivity index is 1.54. The van der Waals surface area contributed by atoms with E-state index in [0.29, 0.717) is 12.1 Å². The third-order valence-electron chi connectivity index (χ3n) is 3.90. The summed E-state index contributed by atoms with van der Waals surface area (Å²) in [4.78, 5) is 14.2. The summed E-state index contributed by atoms with van der Waals surface area (Å²) in [7, 11) is 2.12. The first-order chi connectivity index (χ1) is 9.22. The van der Waals surface area contributed by atoms with Crippen LogP contribution in [0.15, 0.2) is 42.5 Å². The van der Waals surface area contributed by atoms with Gasteiger partial charge in [-0.25, -0.2) is 4.79 Å². The first-order valence-corrected chi connectivity index (χ1v) is 6.65. The van der Waals surface area contributed by atoms with Crippen LogP contribution >= 0.6 is 0 Å². The molecule has 4 nitrogen and oxygen atoms in total. The van der Waals surface area contributed by atoms with Crippen LogP contribution in [0.1, 0.15) is 12.8 Å². The van der Waals surface area contributed by atoms with Gasteiger partial charge in [0.05, 0.1) is 0 Å². The van der Waals surface area contributed by atoms with Gasteiger partial charge in [-0.05, 0) is 19.2 Å². The number of amides is 1. The van der Waals surface area contributed by atoms with Crippen LogP contribution in [0.25, 0.3) is 0 Å². The van der Waals surface area contributed by atoms with Gasteiger partial charge in [-0.2, -0.15) is 0 Å². The molecule has 2 aliphatic heterocycles. The van der Waals surface area contributed by atoms with Gasteiger partial charge in [-0.3, -0.25) is 10.2 Å². The summed E-state index contributed by atoms with van der Waals surface area (Å²) in [6.07, 6.45) is 5.83. The van der Waals surface area contributed by atoms with E-state index >= 15 is 0 Å². The van der Waals surface area contributed by atoms with Gasteiger partial charge in [0.1, 0.15) is 6.10 Å². The van der Waals surface area contributed by atoms with Gasteiger partial charge in [-0.15, -0.1) is 0 Å². The Bertz CT molecular complexity index is 470. The maximum absolute atomic E-state index is 11.8. The molecule has 0 saturated carbocycles. The van der Waals surface area contributed by atoms with Crippen LogP contribution < -0.4 is 5.32 Å². The molecule has 1 unspecified atom stereocenters. The standard InChI is InChI=1S/C15H18N2O2/c1-17-12-7-8-13(17)10-14(9-12)19-15(18)16-11-5-3-2-4-6-11/h2-8,12-14H,9-10H2,1H3,(H,16,18)/t12-,13+,14?. The minimum absolute atomic E-state index is 0.00455. The van der Waals surface area contributed by atoms with E-state index in [-0.39, 0.29) is 12.2 Å². The molecular weight excluding hydrogens is 240 g/mol. The summed E-state index contributed by atoms with van der Waals surface area (Å²) in [5.41, 5.74) is 0.765. The average Bonchev–Trinajstić information content (AvgIpc) is 2.63.